The summed E-state index contributed by atoms with van der Waals surface area (Å²) in [5, 5.41) is 2.89. The molecule has 0 unspecified atom stereocenters. The van der Waals surface area contributed by atoms with E-state index in [-0.39, 0.29) is 22.9 Å². The second kappa shape index (κ2) is 10.3. The van der Waals surface area contributed by atoms with Gasteiger partial charge >= 0.3 is 0 Å². The summed E-state index contributed by atoms with van der Waals surface area (Å²) in [5.41, 5.74) is 5.99. The maximum atomic E-state index is 13.1. The molecule has 3 aromatic carbocycles. The normalized spacial score (nSPS) is 11.1. The molecule has 35 heavy (non-hydrogen) atoms. The van der Waals surface area contributed by atoms with Gasteiger partial charge in [-0.25, -0.2) is 8.42 Å². The Morgan fingerprint density at radius 1 is 0.800 bits per heavy atom. The Bertz CT molecular complexity index is 1360. The van der Waals surface area contributed by atoms with E-state index in [1.165, 1.54) is 24.1 Å². The first-order valence-electron chi connectivity index (χ1n) is 11.2. The van der Waals surface area contributed by atoms with Crippen molar-refractivity contribution in [2.45, 2.75) is 39.5 Å². The molecule has 3 aromatic rings. The fourth-order valence-electron chi connectivity index (χ4n) is 3.88. The molecule has 0 aromatic heterocycles. The predicted molar refractivity (Wildman–Crippen MR) is 139 cm³/mol. The highest BCUT2D eigenvalue weighted by Crippen LogP contribution is 2.23. The molecule has 0 aliphatic heterocycles. The fourth-order valence-corrected chi connectivity index (χ4v) is 4.97. The number of anilines is 2. The van der Waals surface area contributed by atoms with Crippen LogP contribution >= 0.6 is 0 Å². The highest BCUT2D eigenvalue weighted by molar-refractivity contribution is 7.92. The van der Waals surface area contributed by atoms with Crippen molar-refractivity contribution < 1.29 is 18.0 Å². The highest BCUT2D eigenvalue weighted by Gasteiger charge is 2.22. The Kier molecular flexibility index (Phi) is 7.65. The minimum absolute atomic E-state index is 0.0317. The third kappa shape index (κ3) is 6.27. The standard InChI is InChI=1S/C27H31N3O4S/c1-17-7-10-22(11-8-17)29-35(33,34)23-12-9-19(3)24(15-23)27(32)30(6)16-25(31)28-26-20(4)13-18(2)14-21(26)5/h7-15,29H,16H2,1-6H3,(H,28,31). The zero-order chi connectivity index (χ0) is 25.9. The molecule has 0 aliphatic carbocycles. The molecule has 0 radical (unpaired) electrons. The Labute approximate surface area is 207 Å². The van der Waals surface area contributed by atoms with E-state index in [0.717, 1.165) is 27.9 Å². The van der Waals surface area contributed by atoms with Gasteiger partial charge in [0.2, 0.25) is 5.91 Å². The van der Waals surface area contributed by atoms with Crippen molar-refractivity contribution in [2.75, 3.05) is 23.6 Å². The van der Waals surface area contributed by atoms with Crippen molar-refractivity contribution in [3.63, 3.8) is 0 Å². The third-order valence-electron chi connectivity index (χ3n) is 5.72. The summed E-state index contributed by atoms with van der Waals surface area (Å²) in [6.45, 7) is 9.30. The minimum atomic E-state index is -3.90. The van der Waals surface area contributed by atoms with Crippen molar-refractivity contribution >= 4 is 33.2 Å². The minimum Gasteiger partial charge on any atom is -0.332 e. The van der Waals surface area contributed by atoms with Crippen molar-refractivity contribution in [3.8, 4) is 0 Å². The van der Waals surface area contributed by atoms with Crippen LogP contribution in [-0.4, -0.2) is 38.7 Å². The van der Waals surface area contributed by atoms with Crippen LogP contribution in [0.3, 0.4) is 0 Å². The van der Waals surface area contributed by atoms with Crippen molar-refractivity contribution in [3.05, 3.63) is 88.0 Å². The average Bonchev–Trinajstić information content (AvgIpc) is 2.77. The highest BCUT2D eigenvalue weighted by atomic mass is 32.2. The molecule has 2 amide bonds. The number of rotatable bonds is 7. The molecule has 0 heterocycles. The van der Waals surface area contributed by atoms with Gasteiger partial charge in [-0.05, 0) is 75.6 Å². The van der Waals surface area contributed by atoms with Gasteiger partial charge in [0.25, 0.3) is 15.9 Å². The molecule has 0 fully saturated rings. The fraction of sp³-hybridized carbons (Fsp3) is 0.259. The largest absolute Gasteiger partial charge is 0.332 e. The predicted octanol–water partition coefficient (Wildman–Crippen LogP) is 4.74. The number of carbonyl (C=O) groups excluding carboxylic acids is 2. The zero-order valence-corrected chi connectivity index (χ0v) is 21.7. The zero-order valence-electron chi connectivity index (χ0n) is 20.9. The van der Waals surface area contributed by atoms with Gasteiger partial charge in [-0.15, -0.1) is 0 Å². The summed E-state index contributed by atoms with van der Waals surface area (Å²) in [4.78, 5) is 27.1. The van der Waals surface area contributed by atoms with Crippen LogP contribution in [0.2, 0.25) is 0 Å². The lowest BCUT2D eigenvalue weighted by Crippen LogP contribution is -2.35. The van der Waals surface area contributed by atoms with Gasteiger partial charge in [-0.1, -0.05) is 41.5 Å². The molecule has 0 spiro atoms. The SMILES string of the molecule is Cc1ccc(NS(=O)(=O)c2ccc(C)c(C(=O)N(C)CC(=O)Nc3c(C)cc(C)cc3C)c2)cc1. The number of hydrogen-bond acceptors (Lipinski definition) is 4. The van der Waals surface area contributed by atoms with Crippen LogP contribution in [0.1, 0.15) is 38.2 Å². The van der Waals surface area contributed by atoms with E-state index in [9.17, 15) is 18.0 Å². The van der Waals surface area contributed by atoms with Gasteiger partial charge in [0.15, 0.2) is 0 Å². The molecule has 0 saturated heterocycles. The number of hydrogen-bond donors (Lipinski definition) is 2. The van der Waals surface area contributed by atoms with Gasteiger partial charge in [-0.3, -0.25) is 14.3 Å². The molecule has 8 heteroatoms. The summed E-state index contributed by atoms with van der Waals surface area (Å²) in [7, 11) is -2.39. The maximum absolute atomic E-state index is 13.1. The van der Waals surface area contributed by atoms with E-state index < -0.39 is 15.9 Å². The number of nitrogens with one attached hydrogen (secondary N) is 2. The van der Waals surface area contributed by atoms with Crippen molar-refractivity contribution in [1.82, 2.24) is 4.90 Å². The Balaban J connectivity index is 1.77. The first kappa shape index (κ1) is 26.0. The van der Waals surface area contributed by atoms with Crippen LogP contribution in [-0.2, 0) is 14.8 Å². The second-order valence-corrected chi connectivity index (χ2v) is 10.6. The van der Waals surface area contributed by atoms with Gasteiger partial charge in [0.05, 0.1) is 11.4 Å². The molecular weight excluding hydrogens is 462 g/mol. The van der Waals surface area contributed by atoms with Gasteiger partial charge in [-0.2, -0.15) is 0 Å². The van der Waals surface area contributed by atoms with E-state index >= 15 is 0 Å². The lowest BCUT2D eigenvalue weighted by molar-refractivity contribution is -0.116. The summed E-state index contributed by atoms with van der Waals surface area (Å²) >= 11 is 0. The molecule has 7 nitrogen and oxygen atoms in total. The van der Waals surface area contributed by atoms with Crippen LogP contribution in [0.4, 0.5) is 11.4 Å². The molecule has 2 N–H and O–H groups in total. The summed E-state index contributed by atoms with van der Waals surface area (Å²) in [6, 6.07) is 15.3. The van der Waals surface area contributed by atoms with Gasteiger partial charge < -0.3 is 10.2 Å². The van der Waals surface area contributed by atoms with E-state index in [4.69, 9.17) is 0 Å². The van der Waals surface area contributed by atoms with Crippen LogP contribution in [0, 0.1) is 34.6 Å². The molecular formula is C27H31N3O4S. The monoisotopic (exact) mass is 493 g/mol. The van der Waals surface area contributed by atoms with E-state index in [0.29, 0.717) is 11.3 Å². The summed E-state index contributed by atoms with van der Waals surface area (Å²) in [5.74, 6) is -0.777. The smallest absolute Gasteiger partial charge is 0.261 e. The average molecular weight is 494 g/mol. The Morgan fingerprint density at radius 3 is 2.00 bits per heavy atom. The van der Waals surface area contributed by atoms with Crippen LogP contribution in [0.5, 0.6) is 0 Å². The Hall–Kier alpha value is -3.65. The summed E-state index contributed by atoms with van der Waals surface area (Å²) in [6.07, 6.45) is 0. The second-order valence-electron chi connectivity index (χ2n) is 8.93. The summed E-state index contributed by atoms with van der Waals surface area (Å²) < 4.78 is 28.4. The number of amides is 2. The quantitative estimate of drug-likeness (QED) is 0.497. The van der Waals surface area contributed by atoms with Gasteiger partial charge in [0.1, 0.15) is 0 Å². The molecule has 0 bridgehead atoms. The molecule has 184 valence electrons. The number of likely N-dealkylation sites (N-methyl/N-ethyl adjacent to an activating group) is 1. The number of benzene rings is 3. The van der Waals surface area contributed by atoms with E-state index in [1.807, 2.05) is 52.0 Å². The van der Waals surface area contributed by atoms with E-state index in [1.54, 1.807) is 25.1 Å². The first-order valence-corrected chi connectivity index (χ1v) is 12.7. The maximum Gasteiger partial charge on any atom is 0.261 e. The lowest BCUT2D eigenvalue weighted by atomic mass is 10.1. The first-order chi connectivity index (χ1) is 16.4. The molecule has 0 aliphatic rings. The lowest BCUT2D eigenvalue weighted by Gasteiger charge is -2.20. The van der Waals surface area contributed by atoms with E-state index in [2.05, 4.69) is 10.0 Å². The van der Waals surface area contributed by atoms with Crippen molar-refractivity contribution in [2.24, 2.45) is 0 Å². The number of sulfonamides is 1. The van der Waals surface area contributed by atoms with Crippen LogP contribution in [0.25, 0.3) is 0 Å². The topological polar surface area (TPSA) is 95.6 Å². The van der Waals surface area contributed by atoms with Crippen LogP contribution in [0.15, 0.2) is 59.5 Å². The van der Waals surface area contributed by atoms with Crippen LogP contribution < -0.4 is 10.0 Å². The van der Waals surface area contributed by atoms with Crippen molar-refractivity contribution in [1.29, 1.82) is 0 Å². The molecule has 3 rings (SSSR count). The Morgan fingerprint density at radius 2 is 1.40 bits per heavy atom. The van der Waals surface area contributed by atoms with Gasteiger partial charge in [0, 0.05) is 24.0 Å². The number of aryl methyl sites for hydroxylation is 5. The molecule has 0 atom stereocenters. The molecule has 0 saturated carbocycles. The number of nitrogens with zero attached hydrogens (tertiary/aromatic N) is 1. The third-order valence-corrected chi connectivity index (χ3v) is 7.10. The number of carbonyl (C=O) groups is 2.